The van der Waals surface area contributed by atoms with Crippen molar-refractivity contribution in [2.75, 3.05) is 20.1 Å². The summed E-state index contributed by atoms with van der Waals surface area (Å²) in [4.78, 5) is 2.48. The smallest absolute Gasteiger partial charge is 0.0283 e. The van der Waals surface area contributed by atoms with Gasteiger partial charge in [0.05, 0.1) is 0 Å². The van der Waals surface area contributed by atoms with Gasteiger partial charge in [-0.25, -0.2) is 0 Å². The van der Waals surface area contributed by atoms with Gasteiger partial charge >= 0.3 is 0 Å². The van der Waals surface area contributed by atoms with Crippen LogP contribution in [0.25, 0.3) is 0 Å². The molecule has 2 aliphatic rings. The molecule has 1 heteroatoms. The first-order chi connectivity index (χ1) is 6.66. The Hall–Kier alpha value is -0.480. The maximum Gasteiger partial charge on any atom is 0.0283 e. The van der Waals surface area contributed by atoms with E-state index < -0.39 is 0 Å². The van der Waals surface area contributed by atoms with E-state index in [0.717, 1.165) is 11.8 Å². The van der Waals surface area contributed by atoms with E-state index in [1.807, 2.05) is 0 Å². The van der Waals surface area contributed by atoms with Gasteiger partial charge in [-0.2, -0.15) is 0 Å². The molecule has 2 fully saturated rings. The summed E-state index contributed by atoms with van der Waals surface area (Å²) in [7, 11) is 2.25. The Labute approximate surface area is 87.9 Å². The van der Waals surface area contributed by atoms with Crippen LogP contribution in [0, 0.1) is 35.5 Å². The van der Waals surface area contributed by atoms with Crippen molar-refractivity contribution in [3.8, 4) is 11.8 Å². The standard InChI is InChI=1S/C13H21N/c1-10(2)4-7-13-11-5-6-12(13)9-14(3)8-11/h10-13H,5-6,8-9H2,1-3H3. The topological polar surface area (TPSA) is 3.24 Å². The molecular formula is C13H21N. The minimum atomic E-state index is 0.536. The number of rotatable bonds is 0. The monoisotopic (exact) mass is 191 g/mol. The molecule has 1 saturated carbocycles. The van der Waals surface area contributed by atoms with E-state index in [2.05, 4.69) is 37.6 Å². The van der Waals surface area contributed by atoms with Crippen LogP contribution in [0.5, 0.6) is 0 Å². The minimum Gasteiger partial charge on any atom is -0.306 e. The molecule has 1 saturated heterocycles. The molecule has 1 nitrogen and oxygen atoms in total. The molecule has 2 rings (SSSR count). The van der Waals surface area contributed by atoms with Gasteiger partial charge in [-0.3, -0.25) is 0 Å². The molecule has 0 aromatic heterocycles. The van der Waals surface area contributed by atoms with Crippen LogP contribution in [0.3, 0.4) is 0 Å². The van der Waals surface area contributed by atoms with E-state index in [1.165, 1.54) is 25.9 Å². The molecule has 0 aromatic rings. The summed E-state index contributed by atoms with van der Waals surface area (Å²) in [5, 5.41) is 0. The van der Waals surface area contributed by atoms with Crippen molar-refractivity contribution in [2.24, 2.45) is 23.7 Å². The highest BCUT2D eigenvalue weighted by atomic mass is 15.1. The first kappa shape index (κ1) is 10.1. The number of fused-ring (bicyclic) bond motifs is 2. The average Bonchev–Trinajstić information content (AvgIpc) is 2.34. The fourth-order valence-electron chi connectivity index (χ4n) is 2.96. The molecule has 0 spiro atoms. The third-order valence-electron chi connectivity index (χ3n) is 3.56. The Balaban J connectivity index is 2.05. The lowest BCUT2D eigenvalue weighted by Crippen LogP contribution is -2.38. The van der Waals surface area contributed by atoms with E-state index in [9.17, 15) is 0 Å². The van der Waals surface area contributed by atoms with Crippen LogP contribution in [-0.4, -0.2) is 25.0 Å². The van der Waals surface area contributed by atoms with Crippen molar-refractivity contribution in [2.45, 2.75) is 26.7 Å². The molecule has 0 N–H and O–H groups in total. The number of nitrogens with zero attached hydrogens (tertiary/aromatic N) is 1. The van der Waals surface area contributed by atoms with Gasteiger partial charge in [0.2, 0.25) is 0 Å². The quantitative estimate of drug-likeness (QED) is 0.531. The Bertz CT molecular complexity index is 244. The highest BCUT2D eigenvalue weighted by molar-refractivity contribution is 5.12. The van der Waals surface area contributed by atoms with Crippen LogP contribution < -0.4 is 0 Å². The lowest BCUT2D eigenvalue weighted by Gasteiger charge is -2.33. The van der Waals surface area contributed by atoms with E-state index in [4.69, 9.17) is 0 Å². The number of piperidine rings is 1. The molecular weight excluding hydrogens is 170 g/mol. The van der Waals surface area contributed by atoms with E-state index in [1.54, 1.807) is 0 Å². The Morgan fingerprint density at radius 3 is 2.21 bits per heavy atom. The first-order valence-electron chi connectivity index (χ1n) is 5.86. The van der Waals surface area contributed by atoms with Gasteiger partial charge in [-0.15, -0.1) is 5.92 Å². The second-order valence-electron chi connectivity index (χ2n) is 5.29. The summed E-state index contributed by atoms with van der Waals surface area (Å²) < 4.78 is 0. The third-order valence-corrected chi connectivity index (χ3v) is 3.56. The summed E-state index contributed by atoms with van der Waals surface area (Å²) in [6, 6.07) is 0. The van der Waals surface area contributed by atoms with Crippen LogP contribution >= 0.6 is 0 Å². The molecule has 1 aliphatic heterocycles. The van der Waals surface area contributed by atoms with Crippen LogP contribution in [0.2, 0.25) is 0 Å². The fourth-order valence-corrected chi connectivity index (χ4v) is 2.96. The molecule has 78 valence electrons. The zero-order chi connectivity index (χ0) is 10.1. The van der Waals surface area contributed by atoms with Crippen LogP contribution in [0.4, 0.5) is 0 Å². The first-order valence-corrected chi connectivity index (χ1v) is 5.86. The molecule has 1 aliphatic carbocycles. The highest BCUT2D eigenvalue weighted by Gasteiger charge is 2.39. The SMILES string of the molecule is CC(C)C#CC1C2CCC1CN(C)C2. The summed E-state index contributed by atoms with van der Waals surface area (Å²) in [5.74, 6) is 9.87. The maximum atomic E-state index is 3.53. The lowest BCUT2D eigenvalue weighted by atomic mass is 9.85. The average molecular weight is 191 g/mol. The third kappa shape index (κ3) is 1.96. The lowest BCUT2D eigenvalue weighted by molar-refractivity contribution is 0.166. The predicted octanol–water partition coefficient (Wildman–Crippen LogP) is 2.23. The predicted molar refractivity (Wildman–Crippen MR) is 59.8 cm³/mol. The van der Waals surface area contributed by atoms with E-state index in [0.29, 0.717) is 11.8 Å². The summed E-state index contributed by atoms with van der Waals surface area (Å²) >= 11 is 0. The van der Waals surface area contributed by atoms with Crippen molar-refractivity contribution >= 4 is 0 Å². The van der Waals surface area contributed by atoms with Gasteiger partial charge < -0.3 is 4.90 Å². The Kier molecular flexibility index (Phi) is 2.83. The maximum absolute atomic E-state index is 3.53. The molecule has 0 radical (unpaired) electrons. The Morgan fingerprint density at radius 1 is 1.14 bits per heavy atom. The molecule has 2 bridgehead atoms. The van der Waals surface area contributed by atoms with Gasteiger partial charge in [-0.1, -0.05) is 19.8 Å². The van der Waals surface area contributed by atoms with Gasteiger partial charge in [0.15, 0.2) is 0 Å². The molecule has 14 heavy (non-hydrogen) atoms. The molecule has 1 heterocycles. The van der Waals surface area contributed by atoms with Crippen LogP contribution in [0.1, 0.15) is 26.7 Å². The highest BCUT2D eigenvalue weighted by Crippen LogP contribution is 2.40. The minimum absolute atomic E-state index is 0.536. The van der Waals surface area contributed by atoms with Crippen molar-refractivity contribution < 1.29 is 0 Å². The van der Waals surface area contributed by atoms with E-state index >= 15 is 0 Å². The van der Waals surface area contributed by atoms with Crippen molar-refractivity contribution in [1.29, 1.82) is 0 Å². The number of hydrogen-bond donors (Lipinski definition) is 0. The molecule has 0 amide bonds. The largest absolute Gasteiger partial charge is 0.306 e. The van der Waals surface area contributed by atoms with Crippen LogP contribution in [0.15, 0.2) is 0 Å². The van der Waals surface area contributed by atoms with Crippen molar-refractivity contribution in [3.05, 3.63) is 0 Å². The van der Waals surface area contributed by atoms with Gasteiger partial charge in [0, 0.05) is 24.9 Å². The molecule has 2 atom stereocenters. The second-order valence-corrected chi connectivity index (χ2v) is 5.29. The normalized spacial score (nSPS) is 37.0. The second kappa shape index (κ2) is 3.95. The molecule has 2 unspecified atom stereocenters. The zero-order valence-electron chi connectivity index (χ0n) is 9.59. The fraction of sp³-hybridized carbons (Fsp3) is 0.846. The number of hydrogen-bond acceptors (Lipinski definition) is 1. The Morgan fingerprint density at radius 2 is 1.71 bits per heavy atom. The summed E-state index contributed by atoms with van der Waals surface area (Å²) in [5.41, 5.74) is 0. The van der Waals surface area contributed by atoms with Gasteiger partial charge in [0.1, 0.15) is 0 Å². The zero-order valence-corrected chi connectivity index (χ0v) is 9.59. The van der Waals surface area contributed by atoms with Gasteiger partial charge in [0.25, 0.3) is 0 Å². The number of likely N-dealkylation sites (tertiary alicyclic amines) is 1. The van der Waals surface area contributed by atoms with Crippen molar-refractivity contribution in [1.82, 2.24) is 4.90 Å². The van der Waals surface area contributed by atoms with E-state index in [-0.39, 0.29) is 0 Å². The molecule has 0 aromatic carbocycles. The van der Waals surface area contributed by atoms with Gasteiger partial charge in [-0.05, 0) is 31.7 Å². The summed E-state index contributed by atoms with van der Waals surface area (Å²) in [6.07, 6.45) is 2.82. The summed E-state index contributed by atoms with van der Waals surface area (Å²) in [6.45, 7) is 6.91. The van der Waals surface area contributed by atoms with Crippen molar-refractivity contribution in [3.63, 3.8) is 0 Å². The van der Waals surface area contributed by atoms with Crippen LogP contribution in [-0.2, 0) is 0 Å².